The molecular formula is C13H24N2O5. The Morgan fingerprint density at radius 3 is 2.30 bits per heavy atom. The van der Waals surface area contributed by atoms with Crippen LogP contribution in [-0.2, 0) is 14.3 Å². The van der Waals surface area contributed by atoms with Gasteiger partial charge in [-0.3, -0.25) is 9.69 Å². The summed E-state index contributed by atoms with van der Waals surface area (Å²) in [5.74, 6) is -0.536. The molecule has 7 heteroatoms. The summed E-state index contributed by atoms with van der Waals surface area (Å²) in [4.78, 5) is 25.1. The zero-order valence-electron chi connectivity index (χ0n) is 12.2. The van der Waals surface area contributed by atoms with Crippen molar-refractivity contribution >= 4 is 11.9 Å². The molecule has 0 saturated carbocycles. The summed E-state index contributed by atoms with van der Waals surface area (Å²) >= 11 is 0. The number of hydrogen-bond donors (Lipinski definition) is 3. The maximum atomic E-state index is 11.9. The second kappa shape index (κ2) is 7.56. The van der Waals surface area contributed by atoms with E-state index in [1.807, 2.05) is 13.8 Å². The van der Waals surface area contributed by atoms with Gasteiger partial charge in [-0.1, -0.05) is 13.8 Å². The van der Waals surface area contributed by atoms with Gasteiger partial charge in [0, 0.05) is 13.1 Å². The monoisotopic (exact) mass is 288 g/mol. The van der Waals surface area contributed by atoms with Crippen molar-refractivity contribution in [2.24, 2.45) is 5.92 Å². The predicted molar refractivity (Wildman–Crippen MR) is 71.9 cm³/mol. The van der Waals surface area contributed by atoms with Crippen molar-refractivity contribution in [2.45, 2.75) is 38.5 Å². The van der Waals surface area contributed by atoms with Gasteiger partial charge in [-0.05, 0) is 12.3 Å². The number of nitrogens with one attached hydrogen (secondary N) is 1. The molecule has 0 aromatic heterocycles. The normalized spacial score (nSPS) is 24.7. The minimum Gasteiger partial charge on any atom is -0.467 e. The molecule has 3 unspecified atom stereocenters. The molecule has 0 aromatic carbocycles. The quantitative estimate of drug-likeness (QED) is 0.527. The van der Waals surface area contributed by atoms with Crippen LogP contribution in [0.3, 0.4) is 0 Å². The Labute approximate surface area is 118 Å². The Morgan fingerprint density at radius 2 is 1.85 bits per heavy atom. The van der Waals surface area contributed by atoms with Crippen LogP contribution in [0.5, 0.6) is 0 Å². The van der Waals surface area contributed by atoms with Crippen LogP contribution in [0.4, 0.5) is 0 Å². The Bertz CT molecular complexity index is 338. The Hall–Kier alpha value is -1.18. The first-order chi connectivity index (χ1) is 9.33. The molecule has 1 rings (SSSR count). The number of rotatable bonds is 6. The van der Waals surface area contributed by atoms with Crippen molar-refractivity contribution in [3.05, 3.63) is 0 Å². The van der Waals surface area contributed by atoms with E-state index in [9.17, 15) is 19.8 Å². The van der Waals surface area contributed by atoms with Gasteiger partial charge in [-0.25, -0.2) is 4.79 Å². The van der Waals surface area contributed by atoms with E-state index in [2.05, 4.69) is 10.1 Å². The molecule has 116 valence electrons. The van der Waals surface area contributed by atoms with Gasteiger partial charge >= 0.3 is 5.97 Å². The van der Waals surface area contributed by atoms with E-state index in [4.69, 9.17) is 0 Å². The highest BCUT2D eigenvalue weighted by atomic mass is 16.5. The molecule has 3 atom stereocenters. The van der Waals surface area contributed by atoms with Gasteiger partial charge in [-0.15, -0.1) is 0 Å². The number of amides is 1. The van der Waals surface area contributed by atoms with Gasteiger partial charge in [0.05, 0.1) is 25.9 Å². The SMILES string of the molecule is COC(=O)C(CC(C)C)NC(=O)CN1CC(O)C(O)C1. The number of esters is 1. The fourth-order valence-corrected chi connectivity index (χ4v) is 2.25. The molecule has 0 bridgehead atoms. The summed E-state index contributed by atoms with van der Waals surface area (Å²) in [5.41, 5.74) is 0. The molecule has 0 spiro atoms. The summed E-state index contributed by atoms with van der Waals surface area (Å²) in [6.45, 7) is 4.45. The van der Waals surface area contributed by atoms with E-state index in [1.54, 1.807) is 4.90 Å². The van der Waals surface area contributed by atoms with Gasteiger partial charge < -0.3 is 20.3 Å². The van der Waals surface area contributed by atoms with Crippen molar-refractivity contribution < 1.29 is 24.5 Å². The van der Waals surface area contributed by atoms with Crippen molar-refractivity contribution in [2.75, 3.05) is 26.7 Å². The number of nitrogens with zero attached hydrogens (tertiary/aromatic N) is 1. The van der Waals surface area contributed by atoms with Crippen LogP contribution in [-0.4, -0.2) is 72.0 Å². The molecule has 7 nitrogen and oxygen atoms in total. The average molecular weight is 288 g/mol. The first-order valence-corrected chi connectivity index (χ1v) is 6.79. The van der Waals surface area contributed by atoms with Crippen LogP contribution in [0.2, 0.25) is 0 Å². The van der Waals surface area contributed by atoms with Crippen molar-refractivity contribution in [1.82, 2.24) is 10.2 Å². The lowest BCUT2D eigenvalue weighted by Crippen LogP contribution is -2.46. The lowest BCUT2D eigenvalue weighted by Gasteiger charge is -2.20. The smallest absolute Gasteiger partial charge is 0.328 e. The summed E-state index contributed by atoms with van der Waals surface area (Å²) in [5, 5.41) is 21.5. The highest BCUT2D eigenvalue weighted by Gasteiger charge is 2.31. The highest BCUT2D eigenvalue weighted by Crippen LogP contribution is 2.10. The number of hydrogen-bond acceptors (Lipinski definition) is 6. The molecule has 0 aliphatic carbocycles. The molecule has 0 aromatic rings. The number of methoxy groups -OCH3 is 1. The van der Waals surface area contributed by atoms with Crippen molar-refractivity contribution in [1.29, 1.82) is 0 Å². The fraction of sp³-hybridized carbons (Fsp3) is 0.846. The molecule has 1 aliphatic heterocycles. The molecule has 20 heavy (non-hydrogen) atoms. The van der Waals surface area contributed by atoms with Crippen LogP contribution in [0.25, 0.3) is 0 Å². The van der Waals surface area contributed by atoms with Crippen molar-refractivity contribution in [3.63, 3.8) is 0 Å². The minimum atomic E-state index is -0.824. The Balaban J connectivity index is 2.47. The fourth-order valence-electron chi connectivity index (χ4n) is 2.25. The second-order valence-electron chi connectivity index (χ2n) is 5.60. The summed E-state index contributed by atoms with van der Waals surface area (Å²) in [6.07, 6.45) is -1.14. The third-order valence-electron chi connectivity index (χ3n) is 3.23. The number of ether oxygens (including phenoxy) is 1. The van der Waals surface area contributed by atoms with E-state index >= 15 is 0 Å². The van der Waals surface area contributed by atoms with E-state index in [1.165, 1.54) is 7.11 Å². The van der Waals surface area contributed by atoms with E-state index in [-0.39, 0.29) is 31.5 Å². The first kappa shape index (κ1) is 16.9. The molecule has 3 N–H and O–H groups in total. The van der Waals surface area contributed by atoms with Crippen LogP contribution in [0, 0.1) is 5.92 Å². The standard InChI is InChI=1S/C13H24N2O5/c1-8(2)4-9(13(19)20-3)14-12(18)7-15-5-10(16)11(17)6-15/h8-11,16-17H,4-7H2,1-3H3,(H,14,18). The molecule has 1 aliphatic rings. The second-order valence-corrected chi connectivity index (χ2v) is 5.60. The topological polar surface area (TPSA) is 99.1 Å². The number of β-amino-alcohol motifs (C(OH)–C–C–N with tert-alkyl or cyclic N) is 2. The van der Waals surface area contributed by atoms with Crippen LogP contribution in [0.1, 0.15) is 20.3 Å². The first-order valence-electron chi connectivity index (χ1n) is 6.79. The Kier molecular flexibility index (Phi) is 6.38. The largest absolute Gasteiger partial charge is 0.467 e. The molecular weight excluding hydrogens is 264 g/mol. The maximum absolute atomic E-state index is 11.9. The average Bonchev–Trinajstić information content (AvgIpc) is 2.65. The Morgan fingerprint density at radius 1 is 1.30 bits per heavy atom. The van der Waals surface area contributed by atoms with E-state index < -0.39 is 24.2 Å². The maximum Gasteiger partial charge on any atom is 0.328 e. The van der Waals surface area contributed by atoms with Crippen LogP contribution in [0.15, 0.2) is 0 Å². The van der Waals surface area contributed by atoms with Gasteiger partial charge in [0.25, 0.3) is 0 Å². The minimum absolute atomic E-state index is 0.0414. The van der Waals surface area contributed by atoms with Crippen LogP contribution < -0.4 is 5.32 Å². The van der Waals surface area contributed by atoms with E-state index in [0.29, 0.717) is 6.42 Å². The third kappa shape index (κ3) is 5.07. The molecule has 1 fully saturated rings. The third-order valence-corrected chi connectivity index (χ3v) is 3.23. The van der Waals surface area contributed by atoms with Gasteiger partial charge in [0.15, 0.2) is 0 Å². The van der Waals surface area contributed by atoms with Crippen LogP contribution >= 0.6 is 0 Å². The molecule has 0 radical (unpaired) electrons. The zero-order chi connectivity index (χ0) is 15.3. The lowest BCUT2D eigenvalue weighted by atomic mass is 10.0. The number of aliphatic hydroxyl groups excluding tert-OH is 2. The number of likely N-dealkylation sites (tertiary alicyclic amines) is 1. The summed E-state index contributed by atoms with van der Waals surface area (Å²) in [7, 11) is 1.29. The summed E-state index contributed by atoms with van der Waals surface area (Å²) in [6, 6.07) is -0.662. The molecule has 1 saturated heterocycles. The van der Waals surface area contributed by atoms with Gasteiger partial charge in [0.1, 0.15) is 6.04 Å². The lowest BCUT2D eigenvalue weighted by molar-refractivity contribution is -0.145. The highest BCUT2D eigenvalue weighted by molar-refractivity contribution is 5.85. The predicted octanol–water partition coefficient (Wildman–Crippen LogP) is -1.27. The number of carbonyl (C=O) groups is 2. The number of aliphatic hydroxyl groups is 2. The summed E-state index contributed by atoms with van der Waals surface area (Å²) < 4.78 is 4.67. The van der Waals surface area contributed by atoms with Gasteiger partial charge in [-0.2, -0.15) is 0 Å². The van der Waals surface area contributed by atoms with Crippen molar-refractivity contribution in [3.8, 4) is 0 Å². The molecule has 1 amide bonds. The van der Waals surface area contributed by atoms with E-state index in [0.717, 1.165) is 0 Å². The zero-order valence-corrected chi connectivity index (χ0v) is 12.2. The molecule has 1 heterocycles. The number of carbonyl (C=O) groups excluding carboxylic acids is 2. The van der Waals surface area contributed by atoms with Gasteiger partial charge in [0.2, 0.25) is 5.91 Å².